The van der Waals surface area contributed by atoms with Crippen LogP contribution >= 0.6 is 0 Å². The van der Waals surface area contributed by atoms with Crippen molar-refractivity contribution in [2.75, 3.05) is 0 Å². The van der Waals surface area contributed by atoms with Gasteiger partial charge < -0.3 is 0 Å². The largest absolute Gasteiger partial charge is 0.0610 e. The third kappa shape index (κ3) is 1.85. The van der Waals surface area contributed by atoms with Gasteiger partial charge in [0.25, 0.3) is 0 Å². The summed E-state index contributed by atoms with van der Waals surface area (Å²) in [6, 6.07) is 41.9. The molecule has 0 nitrogen and oxygen atoms in total. The highest BCUT2D eigenvalue weighted by Gasteiger charge is 2.22. The molecule has 0 saturated heterocycles. The van der Waals surface area contributed by atoms with E-state index in [4.69, 9.17) is 0 Å². The monoisotopic (exact) mass is 474 g/mol. The van der Waals surface area contributed by atoms with Crippen LogP contribution in [0.4, 0.5) is 0 Å². The molecule has 0 fully saturated rings. The molecule has 11 rings (SSSR count). The molecule has 0 atom stereocenters. The second kappa shape index (κ2) is 5.79. The Balaban J connectivity index is 1.51. The Kier molecular flexibility index (Phi) is 2.79. The standard InChI is InChI=1S/C38H18/c1-3-19-7-9-25-17-29-28-14-12-24-16-22-6-2-4-20-8-10-26-18-30(38(28)36(24)34(26)32(20)22)27-13-11-23-15-21(5-1)31(19)33(25)35(23)37(27)29/h1-18H. The summed E-state index contributed by atoms with van der Waals surface area (Å²) in [4.78, 5) is 0. The van der Waals surface area contributed by atoms with E-state index in [0.717, 1.165) is 0 Å². The van der Waals surface area contributed by atoms with E-state index in [-0.39, 0.29) is 0 Å². The first kappa shape index (κ1) is 18.3. The molecule has 0 aliphatic heterocycles. The lowest BCUT2D eigenvalue weighted by Crippen LogP contribution is -1.93. The molecule has 0 aliphatic carbocycles. The first-order valence-electron chi connectivity index (χ1n) is 13.4. The van der Waals surface area contributed by atoms with Crippen molar-refractivity contribution in [1.29, 1.82) is 0 Å². The Bertz CT molecular complexity index is 2570. The van der Waals surface area contributed by atoms with Crippen LogP contribution in [0, 0.1) is 0 Å². The minimum Gasteiger partial charge on any atom is -0.0610 e. The lowest BCUT2D eigenvalue weighted by Gasteiger charge is -2.22. The van der Waals surface area contributed by atoms with Crippen LogP contribution < -0.4 is 0 Å². The van der Waals surface area contributed by atoms with Crippen molar-refractivity contribution in [3.05, 3.63) is 109 Å². The fourth-order valence-electron chi connectivity index (χ4n) is 8.11. The van der Waals surface area contributed by atoms with E-state index in [0.29, 0.717) is 0 Å². The minimum absolute atomic E-state index is 1.33. The molecule has 0 bridgehead atoms. The third-order valence-electron chi connectivity index (χ3n) is 9.54. The van der Waals surface area contributed by atoms with Gasteiger partial charge in [0.15, 0.2) is 0 Å². The van der Waals surface area contributed by atoms with Crippen molar-refractivity contribution < 1.29 is 0 Å². The third-order valence-corrected chi connectivity index (χ3v) is 9.54. The average Bonchev–Trinajstić information content (AvgIpc) is 2.96. The lowest BCUT2D eigenvalue weighted by molar-refractivity contribution is 1.80. The molecule has 0 N–H and O–H groups in total. The van der Waals surface area contributed by atoms with Crippen LogP contribution in [0.2, 0.25) is 0 Å². The molecular weight excluding hydrogens is 456 g/mol. The molecule has 0 spiro atoms. The van der Waals surface area contributed by atoms with Crippen molar-refractivity contribution in [2.45, 2.75) is 0 Å². The molecule has 11 aromatic carbocycles. The van der Waals surface area contributed by atoms with Gasteiger partial charge in [0, 0.05) is 0 Å². The molecule has 11 aromatic rings. The smallest absolute Gasteiger partial charge is 0.00136 e. The molecule has 0 heterocycles. The summed E-state index contributed by atoms with van der Waals surface area (Å²) in [5.41, 5.74) is 0. The number of benzene rings is 11. The fourth-order valence-corrected chi connectivity index (χ4v) is 8.11. The molecule has 38 heavy (non-hydrogen) atoms. The highest BCUT2D eigenvalue weighted by Crippen LogP contribution is 2.50. The van der Waals surface area contributed by atoms with Gasteiger partial charge in [-0.05, 0) is 132 Å². The zero-order valence-electron chi connectivity index (χ0n) is 20.4. The molecule has 0 aromatic heterocycles. The molecule has 0 radical (unpaired) electrons. The summed E-state index contributed by atoms with van der Waals surface area (Å²) in [6.07, 6.45) is 0. The van der Waals surface area contributed by atoms with E-state index in [2.05, 4.69) is 109 Å². The molecule has 0 amide bonds. The zero-order chi connectivity index (χ0) is 24.3. The van der Waals surface area contributed by atoms with Gasteiger partial charge in [0.05, 0.1) is 0 Å². The second-order valence-electron chi connectivity index (χ2n) is 11.3. The normalized spacial score (nSPS) is 13.3. The highest BCUT2D eigenvalue weighted by molar-refractivity contribution is 6.46. The molecular formula is C38H18. The van der Waals surface area contributed by atoms with Crippen LogP contribution in [0.1, 0.15) is 0 Å². The number of hydrogen-bond acceptors (Lipinski definition) is 0. The predicted octanol–water partition coefficient (Wildman–Crippen LogP) is 11.0. The maximum absolute atomic E-state index is 2.47. The van der Waals surface area contributed by atoms with Gasteiger partial charge >= 0.3 is 0 Å². The maximum Gasteiger partial charge on any atom is -0.00136 e. The SMILES string of the molecule is c1cc2ccc3cc4c5ccc6cc7cccc8ccc9cc(c%10ccc%11cc(c1)c2c3c%11c%104)c5c6c9c87. The molecule has 0 unspecified atom stereocenters. The maximum atomic E-state index is 2.47. The molecule has 0 saturated carbocycles. The first-order chi connectivity index (χ1) is 18.8. The van der Waals surface area contributed by atoms with Gasteiger partial charge in [-0.2, -0.15) is 0 Å². The Hall–Kier alpha value is -4.94. The Morgan fingerprint density at radius 1 is 0.211 bits per heavy atom. The van der Waals surface area contributed by atoms with E-state index in [1.54, 1.807) is 0 Å². The van der Waals surface area contributed by atoms with Crippen molar-refractivity contribution in [2.24, 2.45) is 0 Å². The highest BCUT2D eigenvalue weighted by atomic mass is 14.2. The zero-order valence-corrected chi connectivity index (χ0v) is 20.4. The van der Waals surface area contributed by atoms with E-state index < -0.39 is 0 Å². The van der Waals surface area contributed by atoms with Crippen LogP contribution in [-0.2, 0) is 0 Å². The van der Waals surface area contributed by atoms with Crippen molar-refractivity contribution in [1.82, 2.24) is 0 Å². The van der Waals surface area contributed by atoms with Gasteiger partial charge in [-0.1, -0.05) is 84.9 Å². The molecule has 0 heteroatoms. The van der Waals surface area contributed by atoms with E-state index in [9.17, 15) is 0 Å². The number of rotatable bonds is 0. The van der Waals surface area contributed by atoms with E-state index in [1.807, 2.05) is 0 Å². The first-order valence-corrected chi connectivity index (χ1v) is 13.4. The molecule has 170 valence electrons. The van der Waals surface area contributed by atoms with E-state index in [1.165, 1.54) is 108 Å². The summed E-state index contributed by atoms with van der Waals surface area (Å²) < 4.78 is 0. The number of hydrogen-bond donors (Lipinski definition) is 0. The van der Waals surface area contributed by atoms with Crippen molar-refractivity contribution in [3.8, 4) is 0 Å². The van der Waals surface area contributed by atoms with Crippen LogP contribution in [0.25, 0.3) is 108 Å². The van der Waals surface area contributed by atoms with Crippen LogP contribution in [0.15, 0.2) is 109 Å². The van der Waals surface area contributed by atoms with Crippen LogP contribution in [0.5, 0.6) is 0 Å². The van der Waals surface area contributed by atoms with Crippen LogP contribution in [-0.4, -0.2) is 0 Å². The van der Waals surface area contributed by atoms with E-state index >= 15 is 0 Å². The van der Waals surface area contributed by atoms with Crippen molar-refractivity contribution in [3.63, 3.8) is 0 Å². The summed E-state index contributed by atoms with van der Waals surface area (Å²) in [5.74, 6) is 0. The van der Waals surface area contributed by atoms with Crippen molar-refractivity contribution >= 4 is 108 Å². The Morgan fingerprint density at radius 3 is 1.05 bits per heavy atom. The Morgan fingerprint density at radius 2 is 0.553 bits per heavy atom. The van der Waals surface area contributed by atoms with Gasteiger partial charge in [0.2, 0.25) is 0 Å². The van der Waals surface area contributed by atoms with Gasteiger partial charge in [-0.15, -0.1) is 0 Å². The summed E-state index contributed by atoms with van der Waals surface area (Å²) in [7, 11) is 0. The number of fused-ring (bicyclic) bond motifs is 2. The fraction of sp³-hybridized carbons (Fsp3) is 0. The summed E-state index contributed by atoms with van der Waals surface area (Å²) in [6.45, 7) is 0. The second-order valence-corrected chi connectivity index (χ2v) is 11.3. The summed E-state index contributed by atoms with van der Waals surface area (Å²) >= 11 is 0. The van der Waals surface area contributed by atoms with Gasteiger partial charge in [0.1, 0.15) is 0 Å². The van der Waals surface area contributed by atoms with Crippen LogP contribution in [0.3, 0.4) is 0 Å². The Labute approximate surface area is 216 Å². The average molecular weight is 475 g/mol. The minimum atomic E-state index is 1.33. The molecule has 0 aliphatic rings. The van der Waals surface area contributed by atoms with Gasteiger partial charge in [-0.25, -0.2) is 0 Å². The summed E-state index contributed by atoms with van der Waals surface area (Å²) in [5, 5.41) is 27.5. The predicted molar refractivity (Wildman–Crippen MR) is 166 cm³/mol. The topological polar surface area (TPSA) is 0 Å². The van der Waals surface area contributed by atoms with Gasteiger partial charge in [-0.3, -0.25) is 0 Å². The lowest BCUT2D eigenvalue weighted by atomic mass is 9.81. The quantitative estimate of drug-likeness (QED) is 0.151.